The van der Waals surface area contributed by atoms with Crippen molar-refractivity contribution in [2.75, 3.05) is 13.1 Å². The van der Waals surface area contributed by atoms with Gasteiger partial charge in [0.05, 0.1) is 17.8 Å². The van der Waals surface area contributed by atoms with E-state index in [1.165, 1.54) is 19.1 Å². The lowest BCUT2D eigenvalue weighted by molar-refractivity contribution is 0.0549. The highest BCUT2D eigenvalue weighted by atomic mass is 19.3. The van der Waals surface area contributed by atoms with Crippen LogP contribution in [0.1, 0.15) is 39.9 Å². The number of pyridine rings is 1. The molecule has 110 valence electrons. The molecule has 0 saturated carbocycles. The van der Waals surface area contributed by atoms with Gasteiger partial charge >= 0.3 is 5.97 Å². The molecule has 1 rings (SSSR count). The minimum atomic E-state index is -2.62. The van der Waals surface area contributed by atoms with Crippen LogP contribution in [0.15, 0.2) is 12.1 Å². The van der Waals surface area contributed by atoms with Crippen molar-refractivity contribution in [1.82, 2.24) is 9.88 Å². The Balaban J connectivity index is 3.00. The molecule has 20 heavy (non-hydrogen) atoms. The normalized spacial score (nSPS) is 10.7. The molecule has 0 aliphatic carbocycles. The SMILES string of the molecule is CCCN(CC(F)F)C(=O)c1ccc(C(=O)O)c(C)n1. The molecule has 1 aromatic heterocycles. The Morgan fingerprint density at radius 1 is 1.40 bits per heavy atom. The minimum Gasteiger partial charge on any atom is -0.478 e. The van der Waals surface area contributed by atoms with Gasteiger partial charge < -0.3 is 10.0 Å². The summed E-state index contributed by atoms with van der Waals surface area (Å²) in [6, 6.07) is 2.50. The van der Waals surface area contributed by atoms with E-state index in [0.29, 0.717) is 6.42 Å². The molecule has 1 amide bonds. The lowest BCUT2D eigenvalue weighted by atomic mass is 10.1. The van der Waals surface area contributed by atoms with Crippen molar-refractivity contribution in [1.29, 1.82) is 0 Å². The zero-order valence-electron chi connectivity index (χ0n) is 11.3. The van der Waals surface area contributed by atoms with Crippen LogP contribution in [-0.2, 0) is 0 Å². The number of carboxylic acid groups (broad SMARTS) is 1. The van der Waals surface area contributed by atoms with Crippen LogP contribution in [0.4, 0.5) is 8.78 Å². The van der Waals surface area contributed by atoms with Crippen molar-refractivity contribution < 1.29 is 23.5 Å². The molecule has 7 heteroatoms. The second-order valence-corrected chi connectivity index (χ2v) is 4.28. The summed E-state index contributed by atoms with van der Waals surface area (Å²) in [7, 11) is 0. The third kappa shape index (κ3) is 3.97. The fourth-order valence-electron chi connectivity index (χ4n) is 1.78. The maximum atomic E-state index is 12.4. The Labute approximate surface area is 115 Å². The number of aromatic nitrogens is 1. The zero-order chi connectivity index (χ0) is 15.3. The van der Waals surface area contributed by atoms with E-state index in [4.69, 9.17) is 5.11 Å². The summed E-state index contributed by atoms with van der Waals surface area (Å²) in [5.41, 5.74) is 0.135. The van der Waals surface area contributed by atoms with E-state index in [9.17, 15) is 18.4 Å². The number of halogens is 2. The number of rotatable bonds is 6. The van der Waals surface area contributed by atoms with Gasteiger partial charge in [0.15, 0.2) is 0 Å². The summed E-state index contributed by atoms with van der Waals surface area (Å²) in [5, 5.41) is 8.87. The van der Waals surface area contributed by atoms with E-state index in [0.717, 1.165) is 4.90 Å². The second kappa shape index (κ2) is 6.93. The van der Waals surface area contributed by atoms with Crippen LogP contribution in [0.5, 0.6) is 0 Å². The summed E-state index contributed by atoms with van der Waals surface area (Å²) < 4.78 is 24.9. The molecule has 0 atom stereocenters. The molecule has 0 fully saturated rings. The monoisotopic (exact) mass is 286 g/mol. The Hall–Kier alpha value is -2.05. The van der Waals surface area contributed by atoms with E-state index >= 15 is 0 Å². The number of nitrogens with zero attached hydrogens (tertiary/aromatic N) is 2. The molecular formula is C13H16F2N2O3. The molecular weight excluding hydrogens is 270 g/mol. The van der Waals surface area contributed by atoms with E-state index < -0.39 is 24.8 Å². The first-order valence-corrected chi connectivity index (χ1v) is 6.15. The first-order valence-electron chi connectivity index (χ1n) is 6.15. The Kier molecular flexibility index (Phi) is 5.54. The van der Waals surface area contributed by atoms with Gasteiger partial charge in [0.25, 0.3) is 12.3 Å². The highest BCUT2D eigenvalue weighted by Crippen LogP contribution is 2.11. The van der Waals surface area contributed by atoms with Crippen LogP contribution in [0.25, 0.3) is 0 Å². The van der Waals surface area contributed by atoms with Crippen molar-refractivity contribution >= 4 is 11.9 Å². The number of alkyl halides is 2. The van der Waals surface area contributed by atoms with E-state index in [1.54, 1.807) is 6.92 Å². The summed E-state index contributed by atoms with van der Waals surface area (Å²) in [6.45, 7) is 2.77. The van der Waals surface area contributed by atoms with Gasteiger partial charge in [0.1, 0.15) is 5.69 Å². The van der Waals surface area contributed by atoms with Gasteiger partial charge in [-0.1, -0.05) is 6.92 Å². The van der Waals surface area contributed by atoms with Crippen LogP contribution in [0, 0.1) is 6.92 Å². The molecule has 0 radical (unpaired) electrons. The largest absolute Gasteiger partial charge is 0.478 e. The van der Waals surface area contributed by atoms with E-state index in [1.807, 2.05) is 0 Å². The molecule has 1 N–H and O–H groups in total. The number of carbonyl (C=O) groups excluding carboxylic acids is 1. The maximum absolute atomic E-state index is 12.4. The van der Waals surface area contributed by atoms with Crippen LogP contribution < -0.4 is 0 Å². The van der Waals surface area contributed by atoms with Crippen molar-refractivity contribution in [2.45, 2.75) is 26.7 Å². The smallest absolute Gasteiger partial charge is 0.337 e. The lowest BCUT2D eigenvalue weighted by Gasteiger charge is -2.21. The number of amides is 1. The van der Waals surface area contributed by atoms with Gasteiger partial charge in [-0.3, -0.25) is 4.79 Å². The van der Waals surface area contributed by atoms with Crippen molar-refractivity contribution in [2.24, 2.45) is 0 Å². The number of hydrogen-bond donors (Lipinski definition) is 1. The number of aryl methyl sites for hydroxylation is 1. The van der Waals surface area contributed by atoms with Gasteiger partial charge in [-0.2, -0.15) is 0 Å². The maximum Gasteiger partial charge on any atom is 0.337 e. The van der Waals surface area contributed by atoms with Gasteiger partial charge in [0.2, 0.25) is 0 Å². The molecule has 1 heterocycles. The van der Waals surface area contributed by atoms with Crippen LogP contribution in [0.3, 0.4) is 0 Å². The predicted octanol–water partition coefficient (Wildman–Crippen LogP) is 2.21. The Morgan fingerprint density at radius 2 is 2.05 bits per heavy atom. The topological polar surface area (TPSA) is 70.5 Å². The van der Waals surface area contributed by atoms with Crippen molar-refractivity contribution in [3.05, 3.63) is 29.1 Å². The minimum absolute atomic E-state index is 0.0162. The fraction of sp³-hybridized carbons (Fsp3) is 0.462. The van der Waals surface area contributed by atoms with Gasteiger partial charge in [0, 0.05) is 6.54 Å². The molecule has 0 aliphatic heterocycles. The Morgan fingerprint density at radius 3 is 2.50 bits per heavy atom. The third-order valence-corrected chi connectivity index (χ3v) is 2.67. The molecule has 0 aliphatic rings. The Bertz CT molecular complexity index is 506. The van der Waals surface area contributed by atoms with Gasteiger partial charge in [-0.15, -0.1) is 0 Å². The van der Waals surface area contributed by atoms with E-state index in [-0.39, 0.29) is 23.5 Å². The average Bonchev–Trinajstić information content (AvgIpc) is 2.36. The quantitative estimate of drug-likeness (QED) is 0.870. The van der Waals surface area contributed by atoms with Gasteiger partial charge in [-0.05, 0) is 25.5 Å². The summed E-state index contributed by atoms with van der Waals surface area (Å²) in [4.78, 5) is 27.8. The van der Waals surface area contributed by atoms with Gasteiger partial charge in [-0.25, -0.2) is 18.6 Å². The average molecular weight is 286 g/mol. The summed E-state index contributed by atoms with van der Waals surface area (Å²) in [6.07, 6.45) is -2.07. The number of aromatic carboxylic acids is 1. The molecule has 0 spiro atoms. The summed E-state index contributed by atoms with van der Waals surface area (Å²) >= 11 is 0. The first-order chi connectivity index (χ1) is 9.36. The molecule has 5 nitrogen and oxygen atoms in total. The molecule has 0 saturated heterocycles. The number of carbonyl (C=O) groups is 2. The number of hydrogen-bond acceptors (Lipinski definition) is 3. The standard InChI is InChI=1S/C13H16F2N2O3/c1-3-6-17(7-11(14)15)12(18)10-5-4-9(13(19)20)8(2)16-10/h4-5,11H,3,6-7H2,1-2H3,(H,19,20). The highest BCUT2D eigenvalue weighted by Gasteiger charge is 2.21. The zero-order valence-corrected chi connectivity index (χ0v) is 11.3. The predicted molar refractivity (Wildman–Crippen MR) is 68.1 cm³/mol. The van der Waals surface area contributed by atoms with Crippen LogP contribution in [-0.4, -0.2) is 46.4 Å². The fourth-order valence-corrected chi connectivity index (χ4v) is 1.78. The highest BCUT2D eigenvalue weighted by molar-refractivity contribution is 5.94. The molecule has 0 unspecified atom stereocenters. The van der Waals surface area contributed by atoms with Crippen LogP contribution in [0.2, 0.25) is 0 Å². The molecule has 0 aromatic carbocycles. The second-order valence-electron chi connectivity index (χ2n) is 4.28. The van der Waals surface area contributed by atoms with Crippen LogP contribution >= 0.6 is 0 Å². The van der Waals surface area contributed by atoms with E-state index in [2.05, 4.69) is 4.98 Å². The number of carboxylic acids is 1. The third-order valence-electron chi connectivity index (χ3n) is 2.67. The lowest BCUT2D eigenvalue weighted by Crippen LogP contribution is -2.36. The molecule has 0 bridgehead atoms. The van der Waals surface area contributed by atoms with Crippen molar-refractivity contribution in [3.63, 3.8) is 0 Å². The first kappa shape index (κ1) is 16.0. The molecule has 1 aromatic rings. The summed E-state index contributed by atoms with van der Waals surface area (Å²) in [5.74, 6) is -1.76. The van der Waals surface area contributed by atoms with Crippen molar-refractivity contribution in [3.8, 4) is 0 Å².